The number of nitrogens with one attached hydrogen (secondary N) is 2. The van der Waals surface area contributed by atoms with Gasteiger partial charge in [0.05, 0.1) is 0 Å². The highest BCUT2D eigenvalue weighted by Crippen LogP contribution is 2.20. The maximum Gasteiger partial charge on any atom is 0.248 e. The number of amides is 1. The van der Waals surface area contributed by atoms with Crippen molar-refractivity contribution >= 4 is 5.91 Å². The largest absolute Gasteiger partial charge is 0.345 e. The molecule has 2 N–H and O–H groups in total. The minimum Gasteiger partial charge on any atom is -0.345 e. The van der Waals surface area contributed by atoms with Crippen LogP contribution in [0, 0.1) is 0 Å². The topological polar surface area (TPSA) is 80.0 Å². The molecule has 1 atom stereocenters. The van der Waals surface area contributed by atoms with Crippen LogP contribution in [-0.2, 0) is 10.2 Å². The summed E-state index contributed by atoms with van der Waals surface area (Å²) >= 11 is 0. The van der Waals surface area contributed by atoms with Crippen molar-refractivity contribution in [3.63, 3.8) is 0 Å². The van der Waals surface area contributed by atoms with Gasteiger partial charge in [0.1, 0.15) is 6.04 Å². The lowest BCUT2D eigenvalue weighted by atomic mass is 9.96. The molecule has 1 unspecified atom stereocenters. The van der Waals surface area contributed by atoms with Gasteiger partial charge in [-0.2, -0.15) is 4.98 Å². The predicted molar refractivity (Wildman–Crippen MR) is 72.7 cm³/mol. The van der Waals surface area contributed by atoms with Crippen LogP contribution in [0.5, 0.6) is 0 Å². The molecular weight excluding hydrogens is 244 g/mol. The molecule has 1 heterocycles. The summed E-state index contributed by atoms with van der Waals surface area (Å²) in [5.74, 6) is 1.10. The zero-order chi connectivity index (χ0) is 14.5. The summed E-state index contributed by atoms with van der Waals surface area (Å²) in [4.78, 5) is 16.0. The Hall–Kier alpha value is -1.43. The summed E-state index contributed by atoms with van der Waals surface area (Å²) in [6.45, 7) is 8.72. The third-order valence-corrected chi connectivity index (χ3v) is 2.69. The number of hydrogen-bond donors (Lipinski definition) is 2. The van der Waals surface area contributed by atoms with Crippen LogP contribution in [0.15, 0.2) is 4.52 Å². The number of aromatic nitrogens is 2. The summed E-state index contributed by atoms with van der Waals surface area (Å²) in [6, 6.07) is -0.259. The molecule has 0 aliphatic heterocycles. The van der Waals surface area contributed by atoms with Crippen molar-refractivity contribution in [2.45, 2.75) is 52.0 Å². The Bertz CT molecular complexity index is 409. The molecule has 108 valence electrons. The number of nitrogens with zero attached hydrogens (tertiary/aromatic N) is 2. The smallest absolute Gasteiger partial charge is 0.248 e. The number of carbonyl (C=O) groups is 1. The van der Waals surface area contributed by atoms with Crippen LogP contribution < -0.4 is 10.6 Å². The highest BCUT2D eigenvalue weighted by Gasteiger charge is 2.23. The maximum absolute atomic E-state index is 11.7. The quantitative estimate of drug-likeness (QED) is 0.765. The van der Waals surface area contributed by atoms with Gasteiger partial charge in [-0.05, 0) is 26.9 Å². The summed E-state index contributed by atoms with van der Waals surface area (Å²) in [5, 5.41) is 9.81. The zero-order valence-electron chi connectivity index (χ0n) is 12.4. The standard InChI is InChI=1S/C13H24N4O2/c1-9(15-10(18)7-6-8-14-5)11-16-12(17-19-11)13(2,3)4/h9,14H,6-8H2,1-5H3,(H,15,18). The third-order valence-electron chi connectivity index (χ3n) is 2.69. The van der Waals surface area contributed by atoms with E-state index in [1.54, 1.807) is 0 Å². The Morgan fingerprint density at radius 3 is 2.63 bits per heavy atom. The predicted octanol–water partition coefficient (Wildman–Crippen LogP) is 1.54. The Kier molecular flexibility index (Phi) is 5.47. The van der Waals surface area contributed by atoms with Crippen molar-refractivity contribution in [3.05, 3.63) is 11.7 Å². The molecular formula is C13H24N4O2. The van der Waals surface area contributed by atoms with E-state index in [4.69, 9.17) is 4.52 Å². The molecule has 0 radical (unpaired) electrons. The van der Waals surface area contributed by atoms with Gasteiger partial charge in [0.2, 0.25) is 11.8 Å². The van der Waals surface area contributed by atoms with E-state index in [0.717, 1.165) is 13.0 Å². The van der Waals surface area contributed by atoms with E-state index in [2.05, 4.69) is 20.8 Å². The molecule has 0 bridgehead atoms. The Morgan fingerprint density at radius 2 is 2.11 bits per heavy atom. The van der Waals surface area contributed by atoms with Crippen molar-refractivity contribution in [2.75, 3.05) is 13.6 Å². The molecule has 6 heteroatoms. The van der Waals surface area contributed by atoms with Gasteiger partial charge in [-0.25, -0.2) is 0 Å². The molecule has 0 aliphatic carbocycles. The van der Waals surface area contributed by atoms with Crippen molar-refractivity contribution in [2.24, 2.45) is 0 Å². The van der Waals surface area contributed by atoms with Crippen LogP contribution in [0.2, 0.25) is 0 Å². The minimum atomic E-state index is -0.259. The second-order valence-electron chi connectivity index (χ2n) is 5.70. The van der Waals surface area contributed by atoms with Crippen molar-refractivity contribution in [1.82, 2.24) is 20.8 Å². The van der Waals surface area contributed by atoms with Gasteiger partial charge < -0.3 is 15.2 Å². The monoisotopic (exact) mass is 268 g/mol. The van der Waals surface area contributed by atoms with E-state index in [1.807, 2.05) is 34.7 Å². The summed E-state index contributed by atoms with van der Waals surface area (Å²) < 4.78 is 5.19. The fraction of sp³-hybridized carbons (Fsp3) is 0.769. The van der Waals surface area contributed by atoms with E-state index >= 15 is 0 Å². The van der Waals surface area contributed by atoms with Gasteiger partial charge in [0.15, 0.2) is 5.82 Å². The van der Waals surface area contributed by atoms with Gasteiger partial charge in [-0.3, -0.25) is 4.79 Å². The molecule has 0 aromatic carbocycles. The lowest BCUT2D eigenvalue weighted by molar-refractivity contribution is -0.122. The Morgan fingerprint density at radius 1 is 1.42 bits per heavy atom. The second kappa shape index (κ2) is 6.65. The molecule has 0 spiro atoms. The second-order valence-corrected chi connectivity index (χ2v) is 5.70. The fourth-order valence-corrected chi connectivity index (χ4v) is 1.52. The molecule has 0 saturated carbocycles. The highest BCUT2D eigenvalue weighted by molar-refractivity contribution is 5.76. The van der Waals surface area contributed by atoms with Crippen LogP contribution in [0.4, 0.5) is 0 Å². The molecule has 0 fully saturated rings. The van der Waals surface area contributed by atoms with Crippen LogP contribution >= 0.6 is 0 Å². The summed E-state index contributed by atoms with van der Waals surface area (Å²) in [7, 11) is 1.87. The third kappa shape index (κ3) is 4.98. The van der Waals surface area contributed by atoms with Crippen LogP contribution in [0.1, 0.15) is 58.3 Å². The van der Waals surface area contributed by atoms with Gasteiger partial charge in [0.25, 0.3) is 0 Å². The van der Waals surface area contributed by atoms with Crippen LogP contribution in [0.25, 0.3) is 0 Å². The average Bonchev–Trinajstić information content (AvgIpc) is 2.78. The minimum absolute atomic E-state index is 0.00161. The molecule has 6 nitrogen and oxygen atoms in total. The Balaban J connectivity index is 2.51. The molecule has 1 amide bonds. The van der Waals surface area contributed by atoms with Crippen molar-refractivity contribution in [1.29, 1.82) is 0 Å². The van der Waals surface area contributed by atoms with E-state index in [9.17, 15) is 4.79 Å². The first kappa shape index (κ1) is 15.6. The number of carbonyl (C=O) groups excluding carboxylic acids is 1. The molecule has 0 aliphatic rings. The van der Waals surface area contributed by atoms with Crippen LogP contribution in [0.3, 0.4) is 0 Å². The summed E-state index contributed by atoms with van der Waals surface area (Å²) in [5.41, 5.74) is -0.154. The first-order chi connectivity index (χ1) is 8.84. The van der Waals surface area contributed by atoms with E-state index in [-0.39, 0.29) is 17.4 Å². The van der Waals surface area contributed by atoms with Crippen molar-refractivity contribution in [3.8, 4) is 0 Å². The van der Waals surface area contributed by atoms with Gasteiger partial charge >= 0.3 is 0 Å². The lowest BCUT2D eigenvalue weighted by Gasteiger charge is -2.12. The summed E-state index contributed by atoms with van der Waals surface area (Å²) in [6.07, 6.45) is 1.30. The van der Waals surface area contributed by atoms with E-state index < -0.39 is 0 Å². The molecule has 1 aromatic heterocycles. The molecule has 0 saturated heterocycles. The first-order valence-electron chi connectivity index (χ1n) is 6.62. The van der Waals surface area contributed by atoms with Crippen molar-refractivity contribution < 1.29 is 9.32 Å². The first-order valence-corrected chi connectivity index (χ1v) is 6.62. The highest BCUT2D eigenvalue weighted by atomic mass is 16.5. The SMILES string of the molecule is CNCCCC(=O)NC(C)c1nc(C(C)(C)C)no1. The van der Waals surface area contributed by atoms with E-state index in [1.165, 1.54) is 0 Å². The molecule has 1 aromatic rings. The van der Waals surface area contributed by atoms with Gasteiger partial charge in [-0.15, -0.1) is 0 Å². The lowest BCUT2D eigenvalue weighted by Crippen LogP contribution is -2.27. The Labute approximate surface area is 114 Å². The normalized spacial score (nSPS) is 13.3. The molecule has 19 heavy (non-hydrogen) atoms. The maximum atomic E-state index is 11.7. The fourth-order valence-electron chi connectivity index (χ4n) is 1.52. The molecule has 1 rings (SSSR count). The zero-order valence-corrected chi connectivity index (χ0v) is 12.4. The van der Waals surface area contributed by atoms with Gasteiger partial charge in [0, 0.05) is 11.8 Å². The van der Waals surface area contributed by atoms with Gasteiger partial charge in [-0.1, -0.05) is 25.9 Å². The number of rotatable bonds is 6. The van der Waals surface area contributed by atoms with Crippen LogP contribution in [-0.4, -0.2) is 29.6 Å². The number of hydrogen-bond acceptors (Lipinski definition) is 5. The average molecular weight is 268 g/mol. The van der Waals surface area contributed by atoms with E-state index in [0.29, 0.717) is 18.1 Å².